The number of nitrogens with zero attached hydrogens (tertiary/aromatic N) is 1. The highest BCUT2D eigenvalue weighted by Gasteiger charge is 2.58. The third-order valence-electron chi connectivity index (χ3n) is 6.46. The van der Waals surface area contributed by atoms with E-state index in [2.05, 4.69) is 33.2 Å². The molecule has 0 aromatic heterocycles. The maximum absolute atomic E-state index is 11.0. The number of aliphatic carboxylic acids is 1. The van der Waals surface area contributed by atoms with Crippen molar-refractivity contribution in [3.63, 3.8) is 0 Å². The van der Waals surface area contributed by atoms with E-state index in [9.17, 15) is 9.90 Å². The lowest BCUT2D eigenvalue weighted by Gasteiger charge is -2.45. The lowest BCUT2D eigenvalue weighted by Crippen LogP contribution is -2.52. The number of carboxylic acid groups (broad SMARTS) is 1. The molecule has 3 aliphatic rings. The lowest BCUT2D eigenvalue weighted by molar-refractivity contribution is -0.135. The summed E-state index contributed by atoms with van der Waals surface area (Å²) in [6, 6.07) is 2.01. The van der Waals surface area contributed by atoms with Gasteiger partial charge in [-0.3, -0.25) is 9.79 Å². The van der Waals surface area contributed by atoms with Crippen LogP contribution in [0.1, 0.15) is 37.3 Å². The lowest BCUT2D eigenvalue weighted by atomic mass is 9.59. The minimum absolute atomic E-state index is 0.0332. The van der Waals surface area contributed by atoms with Crippen LogP contribution in [0.3, 0.4) is 0 Å². The van der Waals surface area contributed by atoms with E-state index >= 15 is 0 Å². The molecule has 4 atom stereocenters. The zero-order valence-electron chi connectivity index (χ0n) is 16.0. The number of nitrogens with one attached hydrogen (secondary N) is 1. The number of carboxylic acids is 1. The van der Waals surface area contributed by atoms with Gasteiger partial charge in [0.05, 0.1) is 13.7 Å². The number of hydrogen-bond acceptors (Lipinski definition) is 6. The summed E-state index contributed by atoms with van der Waals surface area (Å²) >= 11 is 3.65. The molecule has 28 heavy (non-hydrogen) atoms. The molecule has 1 aromatic rings. The molecule has 1 aliphatic carbocycles. The van der Waals surface area contributed by atoms with E-state index in [1.165, 1.54) is 5.56 Å². The molecule has 4 rings (SSSR count). The van der Waals surface area contributed by atoms with Crippen LogP contribution in [0.4, 0.5) is 0 Å². The van der Waals surface area contributed by atoms with Gasteiger partial charge in [-0.2, -0.15) is 0 Å². The Morgan fingerprint density at radius 3 is 2.96 bits per heavy atom. The number of methoxy groups -OCH3 is 1. The van der Waals surface area contributed by atoms with Crippen LogP contribution in [0.25, 0.3) is 0 Å². The van der Waals surface area contributed by atoms with Gasteiger partial charge in [-0.25, -0.2) is 0 Å². The topological polar surface area (TPSA) is 100 Å². The molecule has 1 aromatic carbocycles. The van der Waals surface area contributed by atoms with Gasteiger partial charge in [0.2, 0.25) is 0 Å². The predicted molar refractivity (Wildman–Crippen MR) is 107 cm³/mol. The minimum atomic E-state index is -0.926. The molecule has 1 spiro atoms. The van der Waals surface area contributed by atoms with Gasteiger partial charge in [-0.05, 0) is 46.3 Å². The van der Waals surface area contributed by atoms with Crippen LogP contribution in [0.15, 0.2) is 15.5 Å². The number of aliphatic hydroxyl groups excluding tert-OH is 1. The fourth-order valence-electron chi connectivity index (χ4n) is 5.21. The van der Waals surface area contributed by atoms with Crippen molar-refractivity contribution in [3.05, 3.63) is 21.7 Å². The Morgan fingerprint density at radius 1 is 1.50 bits per heavy atom. The van der Waals surface area contributed by atoms with Crippen LogP contribution in [0.5, 0.6) is 11.5 Å². The normalized spacial score (nSPS) is 32.3. The summed E-state index contributed by atoms with van der Waals surface area (Å²) in [6.45, 7) is 2.67. The second kappa shape index (κ2) is 7.31. The fourth-order valence-corrected chi connectivity index (χ4v) is 5.77. The molecular weight excluding hydrogens is 428 g/mol. The zero-order valence-corrected chi connectivity index (χ0v) is 17.6. The van der Waals surface area contributed by atoms with Gasteiger partial charge < -0.3 is 25.0 Å². The van der Waals surface area contributed by atoms with E-state index in [0.29, 0.717) is 13.0 Å². The van der Waals surface area contributed by atoms with Crippen LogP contribution < -0.4 is 14.8 Å². The molecule has 0 bridgehead atoms. The summed E-state index contributed by atoms with van der Waals surface area (Å²) in [5.41, 5.74) is 2.96. The average molecular weight is 453 g/mol. The van der Waals surface area contributed by atoms with Crippen molar-refractivity contribution in [1.82, 2.24) is 5.32 Å². The SMILES string of the molecule is COc1cc2c3c(c1Br)O[C@@H]1CC(=NCC(=O)O)C[C@@H](C)[C@]31C[C@@H](CO)NC2. The minimum Gasteiger partial charge on any atom is -0.495 e. The third-order valence-corrected chi connectivity index (χ3v) is 7.21. The van der Waals surface area contributed by atoms with Gasteiger partial charge >= 0.3 is 5.97 Å². The number of aliphatic imine (C=N–C) groups is 1. The highest BCUT2D eigenvalue weighted by Crippen LogP contribution is 2.60. The van der Waals surface area contributed by atoms with Crippen LogP contribution in [-0.2, 0) is 16.8 Å². The highest BCUT2D eigenvalue weighted by atomic mass is 79.9. The van der Waals surface area contributed by atoms with Crippen LogP contribution in [0, 0.1) is 5.92 Å². The predicted octanol–water partition coefficient (Wildman–Crippen LogP) is 2.27. The highest BCUT2D eigenvalue weighted by molar-refractivity contribution is 9.10. The molecule has 8 heteroatoms. The Hall–Kier alpha value is -1.64. The van der Waals surface area contributed by atoms with E-state index < -0.39 is 5.97 Å². The Labute approximate surface area is 172 Å². The molecule has 0 amide bonds. The first-order valence-corrected chi connectivity index (χ1v) is 10.3. The second-order valence-corrected chi connectivity index (χ2v) is 8.75. The van der Waals surface area contributed by atoms with E-state index in [4.69, 9.17) is 14.6 Å². The Balaban J connectivity index is 1.84. The maximum atomic E-state index is 11.0. The molecular formula is C20H25BrN2O5. The van der Waals surface area contributed by atoms with Gasteiger partial charge in [-0.15, -0.1) is 0 Å². The molecule has 0 radical (unpaired) electrons. The molecule has 0 unspecified atom stereocenters. The molecule has 152 valence electrons. The van der Waals surface area contributed by atoms with Gasteiger partial charge in [0.15, 0.2) is 0 Å². The van der Waals surface area contributed by atoms with E-state index in [0.717, 1.165) is 40.1 Å². The number of ether oxygens (including phenoxy) is 2. The smallest absolute Gasteiger partial charge is 0.325 e. The van der Waals surface area contributed by atoms with E-state index in [1.54, 1.807) is 7.11 Å². The van der Waals surface area contributed by atoms with Crippen molar-refractivity contribution in [3.8, 4) is 11.5 Å². The molecule has 7 nitrogen and oxygen atoms in total. The summed E-state index contributed by atoms with van der Waals surface area (Å²) in [6.07, 6.45) is 1.95. The molecule has 0 saturated heterocycles. The first-order valence-electron chi connectivity index (χ1n) is 9.55. The van der Waals surface area contributed by atoms with Gasteiger partial charge in [0.1, 0.15) is 28.6 Å². The third kappa shape index (κ3) is 2.93. The van der Waals surface area contributed by atoms with E-state index in [-0.39, 0.29) is 36.6 Å². The first-order chi connectivity index (χ1) is 13.4. The van der Waals surface area contributed by atoms with Crippen molar-refractivity contribution < 1.29 is 24.5 Å². The van der Waals surface area contributed by atoms with Crippen molar-refractivity contribution in [2.24, 2.45) is 10.9 Å². The molecule has 3 N–H and O–H groups in total. The van der Waals surface area contributed by atoms with Gasteiger partial charge in [0.25, 0.3) is 0 Å². The summed E-state index contributed by atoms with van der Waals surface area (Å²) in [4.78, 5) is 15.3. The van der Waals surface area contributed by atoms with Crippen molar-refractivity contribution in [2.75, 3.05) is 20.3 Å². The summed E-state index contributed by atoms with van der Waals surface area (Å²) in [5, 5.41) is 22.4. The van der Waals surface area contributed by atoms with Crippen molar-refractivity contribution >= 4 is 27.6 Å². The number of carbonyl (C=O) groups is 1. The molecule has 1 fully saturated rings. The summed E-state index contributed by atoms with van der Waals surface area (Å²) in [7, 11) is 1.64. The van der Waals surface area contributed by atoms with Crippen molar-refractivity contribution in [2.45, 2.75) is 50.3 Å². The average Bonchev–Trinajstić information content (AvgIpc) is 2.91. The Kier molecular flexibility index (Phi) is 5.14. The number of rotatable bonds is 4. The number of hydrogen-bond donors (Lipinski definition) is 3. The number of aliphatic hydroxyl groups is 1. The summed E-state index contributed by atoms with van der Waals surface area (Å²) in [5.74, 6) is 0.808. The zero-order chi connectivity index (χ0) is 20.1. The van der Waals surface area contributed by atoms with Crippen LogP contribution in [0.2, 0.25) is 0 Å². The quantitative estimate of drug-likeness (QED) is 0.647. The Morgan fingerprint density at radius 2 is 2.29 bits per heavy atom. The van der Waals surface area contributed by atoms with E-state index in [1.807, 2.05) is 6.07 Å². The van der Waals surface area contributed by atoms with Crippen LogP contribution in [-0.4, -0.2) is 54.3 Å². The molecule has 1 saturated carbocycles. The van der Waals surface area contributed by atoms with Gasteiger partial charge in [0, 0.05) is 35.7 Å². The largest absolute Gasteiger partial charge is 0.495 e. The monoisotopic (exact) mass is 452 g/mol. The Bertz CT molecular complexity index is 842. The number of halogens is 1. The first kappa shape index (κ1) is 19.7. The summed E-state index contributed by atoms with van der Waals surface area (Å²) < 4.78 is 12.8. The van der Waals surface area contributed by atoms with Crippen molar-refractivity contribution in [1.29, 1.82) is 0 Å². The fraction of sp³-hybridized carbons (Fsp3) is 0.600. The standard InChI is InChI=1S/C20H25BrN2O5/c1-10-3-12(23-8-16(25)26)5-15-20(10)6-13(9-24)22-7-11-4-14(27-2)18(21)19(28-15)17(11)20/h4,10,13,15,22,24H,3,5-9H2,1-2H3,(H,25,26)/t10-,13+,15-,20+/m1/s1. The second-order valence-electron chi connectivity index (χ2n) is 7.95. The molecule has 2 heterocycles. The molecule has 2 aliphatic heterocycles. The maximum Gasteiger partial charge on any atom is 0.325 e. The van der Waals surface area contributed by atoms with Crippen LogP contribution >= 0.6 is 15.9 Å². The number of benzene rings is 1. The van der Waals surface area contributed by atoms with Gasteiger partial charge in [-0.1, -0.05) is 6.92 Å².